The number of alkyl halides is 5. The van der Waals surface area contributed by atoms with Gasteiger partial charge in [0.25, 0.3) is 0 Å². The second kappa shape index (κ2) is 5.82. The fraction of sp³-hybridized carbons (Fsp3) is 0.600. The van der Waals surface area contributed by atoms with Crippen molar-refractivity contribution < 1.29 is 22.7 Å². The summed E-state index contributed by atoms with van der Waals surface area (Å²) in [5.41, 5.74) is -0.771. The Morgan fingerprint density at radius 3 is 2.37 bits per heavy atom. The highest BCUT2D eigenvalue weighted by Gasteiger charge is 2.42. The van der Waals surface area contributed by atoms with E-state index >= 15 is 0 Å². The summed E-state index contributed by atoms with van der Waals surface area (Å²) < 4.78 is 44.4. The molecule has 0 radical (unpaired) electrons. The number of hydrogen-bond acceptors (Lipinski definition) is 3. The van der Waals surface area contributed by atoms with Crippen molar-refractivity contribution in [2.45, 2.75) is 22.8 Å². The molecule has 0 aromatic carbocycles. The van der Waals surface area contributed by atoms with E-state index in [-0.39, 0.29) is 5.56 Å². The molecule has 0 aliphatic rings. The van der Waals surface area contributed by atoms with Gasteiger partial charge in [-0.25, -0.2) is 0 Å². The predicted molar refractivity (Wildman–Crippen MR) is 69.3 cm³/mol. The Balaban J connectivity index is 3.30. The zero-order valence-corrected chi connectivity index (χ0v) is 13.4. The number of aromatic nitrogens is 2. The number of carbonyl (C=O) groups excluding carboxylic acids is 1. The smallest absolute Gasteiger partial charge is 0.435 e. The van der Waals surface area contributed by atoms with Crippen LogP contribution >= 0.6 is 31.9 Å². The highest BCUT2D eigenvalue weighted by atomic mass is 79.9. The molecule has 0 amide bonds. The molecule has 0 aliphatic heterocycles. The van der Waals surface area contributed by atoms with Gasteiger partial charge in [-0.05, 0) is 6.92 Å². The number of nitrogens with zero attached hydrogens (tertiary/aromatic N) is 2. The zero-order chi connectivity index (χ0) is 15.0. The summed E-state index contributed by atoms with van der Waals surface area (Å²) in [7, 11) is 2.58. The number of aryl methyl sites for hydroxylation is 1. The van der Waals surface area contributed by atoms with E-state index in [2.05, 4.69) is 41.7 Å². The third-order valence-corrected chi connectivity index (χ3v) is 5.21. The van der Waals surface area contributed by atoms with Gasteiger partial charge in [0.1, 0.15) is 4.83 Å². The fourth-order valence-electron chi connectivity index (χ4n) is 1.54. The molecule has 2 unspecified atom stereocenters. The Morgan fingerprint density at radius 2 is 1.95 bits per heavy atom. The number of carbonyl (C=O) groups is 1. The molecule has 1 rings (SSSR count). The van der Waals surface area contributed by atoms with E-state index < -0.39 is 27.5 Å². The number of esters is 1. The molecule has 1 aromatic rings. The Labute approximate surface area is 124 Å². The van der Waals surface area contributed by atoms with E-state index in [1.54, 1.807) is 0 Å². The monoisotopic (exact) mass is 406 g/mol. The number of ether oxygens (including phenoxy) is 1. The van der Waals surface area contributed by atoms with Crippen LogP contribution in [0, 0.1) is 6.92 Å². The molecule has 0 saturated heterocycles. The van der Waals surface area contributed by atoms with E-state index in [4.69, 9.17) is 0 Å². The standard InChI is InChI=1S/C10H11Br2F3N2O2/c1-4-5(6(11)7(12)9(18)19-3)8(10(13,14)15)16-17(4)2/h6-7H,1-3H3. The van der Waals surface area contributed by atoms with Crippen LogP contribution in [0.3, 0.4) is 0 Å². The Hall–Kier alpha value is -0.570. The molecule has 0 N–H and O–H groups in total. The maximum absolute atomic E-state index is 12.9. The lowest BCUT2D eigenvalue weighted by molar-refractivity contribution is -0.143. The van der Waals surface area contributed by atoms with Crippen LogP contribution in [0.5, 0.6) is 0 Å². The molecular formula is C10H11Br2F3N2O2. The van der Waals surface area contributed by atoms with Gasteiger partial charge in [-0.1, -0.05) is 31.9 Å². The first kappa shape index (κ1) is 16.5. The second-order valence-corrected chi connectivity index (χ2v) is 5.77. The second-order valence-electron chi connectivity index (χ2n) is 3.80. The normalized spacial score (nSPS) is 15.2. The van der Waals surface area contributed by atoms with E-state index in [9.17, 15) is 18.0 Å². The first-order valence-electron chi connectivity index (χ1n) is 5.07. The Morgan fingerprint density at radius 1 is 1.42 bits per heavy atom. The minimum absolute atomic E-state index is 0.0812. The van der Waals surface area contributed by atoms with E-state index in [1.807, 2.05) is 0 Å². The zero-order valence-electron chi connectivity index (χ0n) is 10.3. The van der Waals surface area contributed by atoms with Crippen molar-refractivity contribution >= 4 is 37.8 Å². The van der Waals surface area contributed by atoms with Crippen molar-refractivity contribution in [2.75, 3.05) is 7.11 Å². The molecule has 1 aromatic heterocycles. The maximum Gasteiger partial charge on any atom is 0.435 e. The first-order valence-corrected chi connectivity index (χ1v) is 6.91. The molecule has 2 atom stereocenters. The summed E-state index contributed by atoms with van der Waals surface area (Å²) in [6.45, 7) is 1.50. The molecule has 108 valence electrons. The van der Waals surface area contributed by atoms with Gasteiger partial charge >= 0.3 is 12.1 Å². The highest BCUT2D eigenvalue weighted by Crippen LogP contribution is 2.41. The number of halogens is 5. The van der Waals surface area contributed by atoms with Gasteiger partial charge in [-0.2, -0.15) is 18.3 Å². The minimum atomic E-state index is -4.59. The summed E-state index contributed by atoms with van der Waals surface area (Å²) in [6, 6.07) is 0. The molecule has 19 heavy (non-hydrogen) atoms. The van der Waals surface area contributed by atoms with Gasteiger partial charge in [0, 0.05) is 18.3 Å². The molecule has 9 heteroatoms. The number of hydrogen-bond donors (Lipinski definition) is 0. The maximum atomic E-state index is 12.9. The van der Waals surface area contributed by atoms with Crippen molar-refractivity contribution in [1.29, 1.82) is 0 Å². The first-order chi connectivity index (χ1) is 8.61. The predicted octanol–water partition coefficient (Wildman–Crippen LogP) is 3.12. The average molecular weight is 408 g/mol. The van der Waals surface area contributed by atoms with Crippen LogP contribution in [0.1, 0.15) is 21.8 Å². The van der Waals surface area contributed by atoms with Crippen LogP contribution in [0.4, 0.5) is 13.2 Å². The van der Waals surface area contributed by atoms with E-state index in [0.717, 1.165) is 11.8 Å². The van der Waals surface area contributed by atoms with Gasteiger partial charge < -0.3 is 4.74 Å². The van der Waals surface area contributed by atoms with Crippen LogP contribution in [-0.4, -0.2) is 27.7 Å². The summed E-state index contributed by atoms with van der Waals surface area (Å²) >= 11 is 6.12. The lowest BCUT2D eigenvalue weighted by atomic mass is 10.1. The molecule has 0 saturated carbocycles. The van der Waals surface area contributed by atoms with Crippen LogP contribution in [-0.2, 0) is 22.8 Å². The van der Waals surface area contributed by atoms with Crippen molar-refractivity contribution in [3.05, 3.63) is 17.0 Å². The Bertz CT molecular complexity index is 488. The van der Waals surface area contributed by atoms with Crippen molar-refractivity contribution in [3.8, 4) is 0 Å². The third kappa shape index (κ3) is 3.31. The quantitative estimate of drug-likeness (QED) is 0.571. The van der Waals surface area contributed by atoms with Crippen molar-refractivity contribution in [2.24, 2.45) is 7.05 Å². The van der Waals surface area contributed by atoms with Gasteiger partial charge in [0.2, 0.25) is 0 Å². The molecule has 1 heterocycles. The summed E-state index contributed by atoms with van der Waals surface area (Å²) in [5, 5.41) is 3.46. The lowest BCUT2D eigenvalue weighted by Gasteiger charge is -2.16. The summed E-state index contributed by atoms with van der Waals surface area (Å²) in [4.78, 5) is 9.56. The SMILES string of the molecule is COC(=O)C(Br)C(Br)c1c(C(F)(F)F)nn(C)c1C. The van der Waals surface area contributed by atoms with Gasteiger partial charge in [0.15, 0.2) is 5.69 Å². The minimum Gasteiger partial charge on any atom is -0.468 e. The fourth-order valence-corrected chi connectivity index (χ4v) is 2.76. The largest absolute Gasteiger partial charge is 0.468 e. The third-order valence-electron chi connectivity index (χ3n) is 2.61. The van der Waals surface area contributed by atoms with Crippen molar-refractivity contribution in [1.82, 2.24) is 9.78 Å². The topological polar surface area (TPSA) is 44.1 Å². The van der Waals surface area contributed by atoms with E-state index in [1.165, 1.54) is 14.0 Å². The van der Waals surface area contributed by atoms with E-state index in [0.29, 0.717) is 5.69 Å². The molecular weight excluding hydrogens is 397 g/mol. The summed E-state index contributed by atoms with van der Waals surface area (Å²) in [5.74, 6) is -0.668. The Kier molecular flexibility index (Phi) is 5.05. The molecule has 0 bridgehead atoms. The molecule has 4 nitrogen and oxygen atoms in total. The average Bonchev–Trinajstić information content (AvgIpc) is 2.63. The number of methoxy groups -OCH3 is 1. The molecule has 0 fully saturated rings. The number of rotatable bonds is 3. The van der Waals surface area contributed by atoms with Crippen LogP contribution < -0.4 is 0 Å². The van der Waals surface area contributed by atoms with Gasteiger partial charge in [-0.3, -0.25) is 9.48 Å². The van der Waals surface area contributed by atoms with Gasteiger partial charge in [0.05, 0.1) is 11.9 Å². The molecule has 0 aliphatic carbocycles. The molecule has 0 spiro atoms. The van der Waals surface area contributed by atoms with Crippen LogP contribution in [0.15, 0.2) is 0 Å². The highest BCUT2D eigenvalue weighted by molar-refractivity contribution is 9.12. The van der Waals surface area contributed by atoms with Crippen LogP contribution in [0.2, 0.25) is 0 Å². The van der Waals surface area contributed by atoms with Crippen molar-refractivity contribution in [3.63, 3.8) is 0 Å². The summed E-state index contributed by atoms with van der Waals surface area (Å²) in [6.07, 6.45) is -4.59. The lowest BCUT2D eigenvalue weighted by Crippen LogP contribution is -2.22. The van der Waals surface area contributed by atoms with Gasteiger partial charge in [-0.15, -0.1) is 0 Å². The van der Waals surface area contributed by atoms with Crippen LogP contribution in [0.25, 0.3) is 0 Å².